The second kappa shape index (κ2) is 17.9. The Hall–Kier alpha value is -1.51. The van der Waals surface area contributed by atoms with Gasteiger partial charge in [0.05, 0.1) is 13.2 Å². The van der Waals surface area contributed by atoms with E-state index in [1.807, 2.05) is 30.3 Å². The number of carbonyl (C=O) groups is 1. The molecular formula is C24H40O3. The van der Waals surface area contributed by atoms with Gasteiger partial charge in [-0.2, -0.15) is 0 Å². The molecule has 1 aromatic rings. The fourth-order valence-corrected chi connectivity index (χ4v) is 3.25. The number of rotatable bonds is 18. The van der Waals surface area contributed by atoms with E-state index in [0.29, 0.717) is 6.61 Å². The normalized spacial score (nSPS) is 10.7. The zero-order valence-electron chi connectivity index (χ0n) is 17.4. The van der Waals surface area contributed by atoms with Crippen LogP contribution in [-0.2, 0) is 9.53 Å². The van der Waals surface area contributed by atoms with E-state index in [4.69, 9.17) is 9.47 Å². The number of ether oxygens (including phenoxy) is 2. The van der Waals surface area contributed by atoms with Crippen LogP contribution in [0.15, 0.2) is 30.3 Å². The molecular weight excluding hydrogens is 336 g/mol. The topological polar surface area (TPSA) is 35.5 Å². The number of para-hydroxylation sites is 1. The number of esters is 1. The molecule has 0 heterocycles. The molecule has 0 N–H and O–H groups in total. The summed E-state index contributed by atoms with van der Waals surface area (Å²) in [6, 6.07) is 10.1. The van der Waals surface area contributed by atoms with Crippen molar-refractivity contribution >= 4 is 5.97 Å². The van der Waals surface area contributed by atoms with Crippen LogP contribution in [0.1, 0.15) is 96.8 Å². The highest BCUT2D eigenvalue weighted by Crippen LogP contribution is 2.14. The fourth-order valence-electron chi connectivity index (χ4n) is 3.25. The Labute approximate surface area is 166 Å². The highest BCUT2D eigenvalue weighted by atomic mass is 16.5. The third kappa shape index (κ3) is 16.4. The first-order chi connectivity index (χ1) is 13.3. The second-order valence-corrected chi connectivity index (χ2v) is 7.45. The molecule has 3 heteroatoms. The Morgan fingerprint density at radius 2 is 1.04 bits per heavy atom. The predicted molar refractivity (Wildman–Crippen MR) is 113 cm³/mol. The predicted octanol–water partition coefficient (Wildman–Crippen LogP) is 7.09. The average molecular weight is 377 g/mol. The molecule has 0 aromatic heterocycles. The van der Waals surface area contributed by atoms with Crippen LogP contribution in [0.3, 0.4) is 0 Å². The largest absolute Gasteiger partial charge is 0.494 e. The van der Waals surface area contributed by atoms with Gasteiger partial charge in [0.15, 0.2) is 0 Å². The highest BCUT2D eigenvalue weighted by molar-refractivity contribution is 5.65. The van der Waals surface area contributed by atoms with Crippen LogP contribution >= 0.6 is 0 Å². The Balaban J connectivity index is 1.69. The van der Waals surface area contributed by atoms with Crippen molar-refractivity contribution in [3.63, 3.8) is 0 Å². The SMILES string of the molecule is CC(=O)OCCCCCCCCCCCCCCCCOc1ccccc1. The summed E-state index contributed by atoms with van der Waals surface area (Å²) in [6.45, 7) is 2.91. The molecule has 0 aliphatic rings. The summed E-state index contributed by atoms with van der Waals surface area (Å²) < 4.78 is 10.6. The van der Waals surface area contributed by atoms with Crippen molar-refractivity contribution in [2.24, 2.45) is 0 Å². The average Bonchev–Trinajstić information content (AvgIpc) is 2.67. The maximum atomic E-state index is 10.6. The molecule has 154 valence electrons. The van der Waals surface area contributed by atoms with Gasteiger partial charge in [0.1, 0.15) is 5.75 Å². The first kappa shape index (κ1) is 23.5. The van der Waals surface area contributed by atoms with Gasteiger partial charge in [-0.1, -0.05) is 95.2 Å². The van der Waals surface area contributed by atoms with Gasteiger partial charge in [-0.05, 0) is 25.0 Å². The molecule has 0 aliphatic carbocycles. The molecule has 0 amide bonds. The maximum Gasteiger partial charge on any atom is 0.302 e. The van der Waals surface area contributed by atoms with Gasteiger partial charge in [0, 0.05) is 6.92 Å². The molecule has 0 saturated carbocycles. The minimum absolute atomic E-state index is 0.160. The van der Waals surface area contributed by atoms with E-state index in [-0.39, 0.29) is 5.97 Å². The Kier molecular flexibility index (Phi) is 15.6. The van der Waals surface area contributed by atoms with Gasteiger partial charge in [0.2, 0.25) is 0 Å². The minimum atomic E-state index is -0.160. The maximum absolute atomic E-state index is 10.6. The van der Waals surface area contributed by atoms with Crippen molar-refractivity contribution in [1.82, 2.24) is 0 Å². The van der Waals surface area contributed by atoms with Gasteiger partial charge in [-0.15, -0.1) is 0 Å². The van der Waals surface area contributed by atoms with Crippen LogP contribution in [-0.4, -0.2) is 19.2 Å². The van der Waals surface area contributed by atoms with E-state index < -0.39 is 0 Å². The summed E-state index contributed by atoms with van der Waals surface area (Å²) in [5.74, 6) is 0.826. The van der Waals surface area contributed by atoms with Gasteiger partial charge >= 0.3 is 5.97 Å². The van der Waals surface area contributed by atoms with E-state index in [1.165, 1.54) is 84.0 Å². The molecule has 1 rings (SSSR count). The highest BCUT2D eigenvalue weighted by Gasteiger charge is 1.96. The van der Waals surface area contributed by atoms with E-state index in [1.54, 1.807) is 0 Å². The van der Waals surface area contributed by atoms with Crippen molar-refractivity contribution < 1.29 is 14.3 Å². The molecule has 0 fully saturated rings. The van der Waals surface area contributed by atoms with Gasteiger partial charge in [-0.3, -0.25) is 4.79 Å². The number of unbranched alkanes of at least 4 members (excludes halogenated alkanes) is 13. The van der Waals surface area contributed by atoms with Crippen LogP contribution in [0.5, 0.6) is 5.75 Å². The number of benzene rings is 1. The first-order valence-electron chi connectivity index (χ1n) is 11.1. The molecule has 0 atom stereocenters. The van der Waals surface area contributed by atoms with Crippen LogP contribution in [0.4, 0.5) is 0 Å². The number of hydrogen-bond acceptors (Lipinski definition) is 3. The third-order valence-corrected chi connectivity index (χ3v) is 4.86. The second-order valence-electron chi connectivity index (χ2n) is 7.45. The summed E-state index contributed by atoms with van der Waals surface area (Å²) in [7, 11) is 0. The van der Waals surface area contributed by atoms with Crippen molar-refractivity contribution in [2.75, 3.05) is 13.2 Å². The van der Waals surface area contributed by atoms with E-state index >= 15 is 0 Å². The lowest BCUT2D eigenvalue weighted by Crippen LogP contribution is -2.00. The van der Waals surface area contributed by atoms with Crippen LogP contribution < -0.4 is 4.74 Å². The molecule has 27 heavy (non-hydrogen) atoms. The van der Waals surface area contributed by atoms with Crippen LogP contribution in [0.2, 0.25) is 0 Å². The number of carbonyl (C=O) groups excluding carboxylic acids is 1. The molecule has 3 nitrogen and oxygen atoms in total. The molecule has 1 aromatic carbocycles. The molecule has 0 aliphatic heterocycles. The fraction of sp³-hybridized carbons (Fsp3) is 0.708. The molecule has 0 saturated heterocycles. The lowest BCUT2D eigenvalue weighted by molar-refractivity contribution is -0.141. The lowest BCUT2D eigenvalue weighted by Gasteiger charge is -2.06. The Morgan fingerprint density at radius 3 is 1.48 bits per heavy atom. The third-order valence-electron chi connectivity index (χ3n) is 4.86. The molecule has 0 unspecified atom stereocenters. The van der Waals surface area contributed by atoms with Gasteiger partial charge in [0.25, 0.3) is 0 Å². The van der Waals surface area contributed by atoms with Crippen molar-refractivity contribution in [3.05, 3.63) is 30.3 Å². The van der Waals surface area contributed by atoms with Gasteiger partial charge < -0.3 is 9.47 Å². The van der Waals surface area contributed by atoms with Crippen molar-refractivity contribution in [2.45, 2.75) is 96.8 Å². The van der Waals surface area contributed by atoms with Crippen LogP contribution in [0.25, 0.3) is 0 Å². The van der Waals surface area contributed by atoms with Crippen LogP contribution in [0, 0.1) is 0 Å². The van der Waals surface area contributed by atoms with Gasteiger partial charge in [-0.25, -0.2) is 0 Å². The monoisotopic (exact) mass is 376 g/mol. The molecule has 0 bridgehead atoms. The van der Waals surface area contributed by atoms with E-state index in [2.05, 4.69) is 0 Å². The first-order valence-corrected chi connectivity index (χ1v) is 11.1. The summed E-state index contributed by atoms with van der Waals surface area (Å²) in [4.78, 5) is 10.6. The summed E-state index contributed by atoms with van der Waals surface area (Å²) in [5, 5.41) is 0. The van der Waals surface area contributed by atoms with E-state index in [0.717, 1.165) is 25.2 Å². The zero-order valence-corrected chi connectivity index (χ0v) is 17.4. The smallest absolute Gasteiger partial charge is 0.302 e. The number of hydrogen-bond donors (Lipinski definition) is 0. The van der Waals surface area contributed by atoms with Crippen molar-refractivity contribution in [1.29, 1.82) is 0 Å². The zero-order chi connectivity index (χ0) is 19.4. The summed E-state index contributed by atoms with van der Waals surface area (Å²) >= 11 is 0. The quantitative estimate of drug-likeness (QED) is 0.203. The molecule has 0 spiro atoms. The summed E-state index contributed by atoms with van der Waals surface area (Å²) in [6.07, 6.45) is 18.2. The Bertz CT molecular complexity index is 444. The minimum Gasteiger partial charge on any atom is -0.494 e. The summed E-state index contributed by atoms with van der Waals surface area (Å²) in [5.41, 5.74) is 0. The van der Waals surface area contributed by atoms with E-state index in [9.17, 15) is 4.79 Å². The molecule has 0 radical (unpaired) electrons. The lowest BCUT2D eigenvalue weighted by atomic mass is 10.0. The standard InChI is InChI=1S/C24H40O3/c1-23(25)26-21-17-12-10-8-6-4-2-3-5-7-9-11-13-18-22-27-24-19-15-14-16-20-24/h14-16,19-20H,2-13,17-18,21-22H2,1H3. The van der Waals surface area contributed by atoms with Crippen molar-refractivity contribution in [3.8, 4) is 5.75 Å². The Morgan fingerprint density at radius 1 is 0.630 bits per heavy atom.